The van der Waals surface area contributed by atoms with Crippen LogP contribution in [0.3, 0.4) is 0 Å². The monoisotopic (exact) mass is 403 g/mol. The molecule has 0 aromatic heterocycles. The fourth-order valence-corrected chi connectivity index (χ4v) is 6.79. The van der Waals surface area contributed by atoms with Crippen LogP contribution in [-0.4, -0.2) is 43.3 Å². The van der Waals surface area contributed by atoms with Crippen LogP contribution in [0.4, 0.5) is 4.39 Å². The lowest BCUT2D eigenvalue weighted by atomic mass is 10.0. The molecule has 0 radical (unpaired) electrons. The van der Waals surface area contributed by atoms with Gasteiger partial charge < -0.3 is 10.0 Å². The number of nitrogens with zero attached hydrogens (tertiary/aromatic N) is 1. The molecule has 2 fully saturated rings. The summed E-state index contributed by atoms with van der Waals surface area (Å²) in [6, 6.07) is 13.3. The van der Waals surface area contributed by atoms with Crippen LogP contribution in [0.15, 0.2) is 53.4 Å². The van der Waals surface area contributed by atoms with Gasteiger partial charge in [-0.25, -0.2) is 12.8 Å². The Hall–Kier alpha value is -1.92. The van der Waals surface area contributed by atoms with E-state index >= 15 is 0 Å². The molecule has 1 saturated heterocycles. The van der Waals surface area contributed by atoms with E-state index in [0.717, 1.165) is 38.0 Å². The molecule has 1 N–H and O–H groups in total. The second-order valence-corrected chi connectivity index (χ2v) is 10.5. The second-order valence-electron chi connectivity index (χ2n) is 8.30. The van der Waals surface area contributed by atoms with Gasteiger partial charge in [0.2, 0.25) is 0 Å². The van der Waals surface area contributed by atoms with E-state index in [4.69, 9.17) is 0 Å². The molecule has 1 aliphatic heterocycles. The maximum absolute atomic E-state index is 13.6. The van der Waals surface area contributed by atoms with Gasteiger partial charge in [-0.2, -0.15) is 0 Å². The zero-order chi connectivity index (χ0) is 19.9. The lowest BCUT2D eigenvalue weighted by Gasteiger charge is -2.23. The minimum Gasteiger partial charge on any atom is -0.505 e. The Morgan fingerprint density at radius 3 is 2.36 bits per heavy atom. The summed E-state index contributed by atoms with van der Waals surface area (Å²) in [6.45, 7) is 4.67. The number of fused-ring (bicyclic) bond motifs is 1. The number of phenolic OH excluding ortho intramolecular Hbond substituents is 1. The summed E-state index contributed by atoms with van der Waals surface area (Å²) in [7, 11) is -3.26. The van der Waals surface area contributed by atoms with Gasteiger partial charge in [0, 0.05) is 19.6 Å². The molecule has 1 heterocycles. The van der Waals surface area contributed by atoms with Gasteiger partial charge >= 0.3 is 0 Å². The first-order chi connectivity index (χ1) is 13.3. The van der Waals surface area contributed by atoms with E-state index in [1.54, 1.807) is 30.3 Å². The molecule has 0 bridgehead atoms. The van der Waals surface area contributed by atoms with E-state index in [-0.39, 0.29) is 16.9 Å². The zero-order valence-electron chi connectivity index (χ0n) is 16.0. The predicted molar refractivity (Wildman–Crippen MR) is 107 cm³/mol. The number of hydrogen-bond acceptors (Lipinski definition) is 4. The Morgan fingerprint density at radius 2 is 1.75 bits per heavy atom. The van der Waals surface area contributed by atoms with Crippen molar-refractivity contribution in [1.82, 2.24) is 4.90 Å². The third kappa shape index (κ3) is 3.67. The highest BCUT2D eigenvalue weighted by molar-refractivity contribution is 7.92. The molecule has 4 rings (SSSR count). The number of benzene rings is 2. The quantitative estimate of drug-likeness (QED) is 0.825. The number of halogens is 1. The van der Waals surface area contributed by atoms with Gasteiger partial charge in [0.15, 0.2) is 21.4 Å². The van der Waals surface area contributed by atoms with Crippen molar-refractivity contribution in [1.29, 1.82) is 0 Å². The molecule has 2 aromatic rings. The second kappa shape index (κ2) is 7.48. The average Bonchev–Trinajstić information content (AvgIpc) is 3.23. The van der Waals surface area contributed by atoms with Gasteiger partial charge in [-0.1, -0.05) is 31.2 Å². The van der Waals surface area contributed by atoms with Crippen LogP contribution < -0.4 is 0 Å². The van der Waals surface area contributed by atoms with E-state index in [2.05, 4.69) is 11.8 Å². The number of likely N-dealkylation sites (tertiary alicyclic amines) is 1. The summed E-state index contributed by atoms with van der Waals surface area (Å²) in [4.78, 5) is 2.80. The highest BCUT2D eigenvalue weighted by atomic mass is 32.2. The molecule has 3 unspecified atom stereocenters. The molecule has 0 amide bonds. The molecular formula is C22H26FNO3S. The third-order valence-electron chi connectivity index (χ3n) is 6.37. The lowest BCUT2D eigenvalue weighted by molar-refractivity contribution is 0.295. The Labute approximate surface area is 165 Å². The van der Waals surface area contributed by atoms with Gasteiger partial charge in [0.25, 0.3) is 0 Å². The standard InChI is InChI=1S/C22H26FNO3S/c1-15(16-7-8-22(25)21(23)11-16)12-24-13-17-9-20(10-18(17)14-24)28(26,27)19-5-3-2-4-6-19/h2-8,11,15,17-18,20,25H,9-10,12-14H2,1H3/t15?,17-,18?,20?/m1/s1. The smallest absolute Gasteiger partial charge is 0.181 e. The predicted octanol–water partition coefficient (Wildman–Crippen LogP) is 3.82. The van der Waals surface area contributed by atoms with Crippen LogP contribution in [0.1, 0.15) is 31.2 Å². The summed E-state index contributed by atoms with van der Waals surface area (Å²) < 4.78 is 39.4. The first-order valence-corrected chi connectivity index (χ1v) is 11.4. The van der Waals surface area contributed by atoms with Crippen molar-refractivity contribution < 1.29 is 17.9 Å². The van der Waals surface area contributed by atoms with E-state index in [1.165, 1.54) is 12.1 Å². The molecular weight excluding hydrogens is 377 g/mol. The van der Waals surface area contributed by atoms with E-state index < -0.39 is 15.7 Å². The minimum absolute atomic E-state index is 0.151. The molecule has 6 heteroatoms. The molecule has 28 heavy (non-hydrogen) atoms. The van der Waals surface area contributed by atoms with Crippen LogP contribution in [0, 0.1) is 17.7 Å². The number of rotatable bonds is 5. The molecule has 2 aliphatic rings. The Kier molecular flexibility index (Phi) is 5.19. The van der Waals surface area contributed by atoms with Crippen LogP contribution in [0.5, 0.6) is 5.75 Å². The number of sulfone groups is 1. The van der Waals surface area contributed by atoms with Crippen LogP contribution >= 0.6 is 0 Å². The summed E-state index contributed by atoms with van der Waals surface area (Å²) in [5, 5.41) is 9.08. The van der Waals surface area contributed by atoms with Crippen molar-refractivity contribution >= 4 is 9.84 Å². The molecule has 1 aliphatic carbocycles. The first kappa shape index (κ1) is 19.4. The van der Waals surface area contributed by atoms with Gasteiger partial charge in [-0.3, -0.25) is 0 Å². The van der Waals surface area contributed by atoms with E-state index in [0.29, 0.717) is 16.7 Å². The fourth-order valence-electron chi connectivity index (χ4n) is 4.87. The highest BCUT2D eigenvalue weighted by Gasteiger charge is 2.45. The van der Waals surface area contributed by atoms with Crippen molar-refractivity contribution in [3.05, 3.63) is 59.9 Å². The Morgan fingerprint density at radius 1 is 1.11 bits per heavy atom. The number of aromatic hydroxyl groups is 1. The van der Waals surface area contributed by atoms with Crippen LogP contribution in [0.25, 0.3) is 0 Å². The molecule has 150 valence electrons. The highest BCUT2D eigenvalue weighted by Crippen LogP contribution is 2.43. The summed E-state index contributed by atoms with van der Waals surface area (Å²) in [5.74, 6) is 0.0613. The Balaban J connectivity index is 1.37. The van der Waals surface area contributed by atoms with E-state index in [9.17, 15) is 17.9 Å². The van der Waals surface area contributed by atoms with Gasteiger partial charge in [0.1, 0.15) is 0 Å². The molecule has 1 saturated carbocycles. The molecule has 2 aromatic carbocycles. The molecule has 0 spiro atoms. The topological polar surface area (TPSA) is 57.6 Å². The maximum Gasteiger partial charge on any atom is 0.181 e. The van der Waals surface area contributed by atoms with Crippen molar-refractivity contribution in [3.63, 3.8) is 0 Å². The zero-order valence-corrected chi connectivity index (χ0v) is 16.8. The van der Waals surface area contributed by atoms with Gasteiger partial charge in [-0.15, -0.1) is 0 Å². The first-order valence-electron chi connectivity index (χ1n) is 9.84. The van der Waals surface area contributed by atoms with Gasteiger partial charge in [0.05, 0.1) is 10.1 Å². The molecule has 4 atom stereocenters. The number of phenols is 1. The third-order valence-corrected chi connectivity index (χ3v) is 8.56. The van der Waals surface area contributed by atoms with Crippen molar-refractivity contribution in [2.45, 2.75) is 35.8 Å². The SMILES string of the molecule is CC(CN1CC2CC(S(=O)(=O)c3ccccc3)C[C@@H]2C1)c1ccc(O)c(F)c1. The average molecular weight is 404 g/mol. The van der Waals surface area contributed by atoms with Gasteiger partial charge in [-0.05, 0) is 60.4 Å². The normalized spacial score (nSPS) is 26.3. The Bertz CT molecular complexity index is 934. The van der Waals surface area contributed by atoms with Crippen molar-refractivity contribution in [2.24, 2.45) is 11.8 Å². The summed E-state index contributed by atoms with van der Waals surface area (Å²) in [6.07, 6.45) is 1.45. The van der Waals surface area contributed by atoms with Crippen molar-refractivity contribution in [3.8, 4) is 5.75 Å². The lowest BCUT2D eigenvalue weighted by Crippen LogP contribution is -2.28. The minimum atomic E-state index is -3.26. The molecule has 4 nitrogen and oxygen atoms in total. The fraction of sp³-hybridized carbons (Fsp3) is 0.455. The number of hydrogen-bond donors (Lipinski definition) is 1. The maximum atomic E-state index is 13.6. The van der Waals surface area contributed by atoms with Crippen LogP contribution in [-0.2, 0) is 9.84 Å². The summed E-state index contributed by atoms with van der Waals surface area (Å²) >= 11 is 0. The summed E-state index contributed by atoms with van der Waals surface area (Å²) in [5.41, 5.74) is 0.872. The van der Waals surface area contributed by atoms with Crippen molar-refractivity contribution in [2.75, 3.05) is 19.6 Å². The largest absolute Gasteiger partial charge is 0.505 e. The van der Waals surface area contributed by atoms with Crippen LogP contribution in [0.2, 0.25) is 0 Å². The van der Waals surface area contributed by atoms with E-state index in [1.807, 2.05) is 6.07 Å².